The molecule has 0 aliphatic heterocycles. The molecule has 0 heterocycles. The molecular weight excluding hydrogens is 86.1 g/mol. The summed E-state index contributed by atoms with van der Waals surface area (Å²) in [5, 5.41) is 2.86. The standard InChI is InChI=1S/C6H9N/c1-4-5-7-6(2)3/h1,7H,2,5H2,3H3. The summed E-state index contributed by atoms with van der Waals surface area (Å²) < 4.78 is 0. The van der Waals surface area contributed by atoms with Gasteiger partial charge in [0.15, 0.2) is 0 Å². The van der Waals surface area contributed by atoms with Gasteiger partial charge in [-0.25, -0.2) is 0 Å². The van der Waals surface area contributed by atoms with Gasteiger partial charge in [-0.3, -0.25) is 0 Å². The summed E-state index contributed by atoms with van der Waals surface area (Å²) in [5.41, 5.74) is 0.915. The Balaban J connectivity index is 3.02. The van der Waals surface area contributed by atoms with Crippen molar-refractivity contribution in [2.75, 3.05) is 6.54 Å². The highest BCUT2D eigenvalue weighted by molar-refractivity contribution is 4.94. The topological polar surface area (TPSA) is 12.0 Å². The molecular formula is C6H9N. The van der Waals surface area contributed by atoms with Gasteiger partial charge >= 0.3 is 0 Å². The number of hydrogen-bond acceptors (Lipinski definition) is 1. The Morgan fingerprint density at radius 3 is 2.71 bits per heavy atom. The first-order valence-corrected chi connectivity index (χ1v) is 2.10. The number of allylic oxidation sites excluding steroid dienone is 1. The molecule has 0 saturated carbocycles. The van der Waals surface area contributed by atoms with Gasteiger partial charge in [0.2, 0.25) is 0 Å². The van der Waals surface area contributed by atoms with Crippen LogP contribution in [0, 0.1) is 12.3 Å². The van der Waals surface area contributed by atoms with Crippen molar-refractivity contribution in [3.63, 3.8) is 0 Å². The number of nitrogens with one attached hydrogen (secondary N) is 1. The molecule has 0 radical (unpaired) electrons. The van der Waals surface area contributed by atoms with E-state index >= 15 is 0 Å². The van der Waals surface area contributed by atoms with Crippen LogP contribution in [0.3, 0.4) is 0 Å². The fourth-order valence-electron chi connectivity index (χ4n) is 0.202. The molecule has 1 heteroatoms. The van der Waals surface area contributed by atoms with E-state index < -0.39 is 0 Å². The molecule has 0 aromatic carbocycles. The molecule has 1 nitrogen and oxygen atoms in total. The Morgan fingerprint density at radius 2 is 2.57 bits per heavy atom. The Bertz CT molecular complexity index is 97.2. The third kappa shape index (κ3) is 5.10. The molecule has 0 amide bonds. The molecule has 0 saturated heterocycles. The van der Waals surface area contributed by atoms with Crippen molar-refractivity contribution in [2.45, 2.75) is 6.92 Å². The van der Waals surface area contributed by atoms with E-state index in [1.807, 2.05) is 6.92 Å². The van der Waals surface area contributed by atoms with Gasteiger partial charge in [-0.05, 0) is 6.92 Å². The Hall–Kier alpha value is -0.900. The quantitative estimate of drug-likeness (QED) is 0.499. The second-order valence-electron chi connectivity index (χ2n) is 1.34. The summed E-state index contributed by atoms with van der Waals surface area (Å²) in [6, 6.07) is 0. The minimum absolute atomic E-state index is 0.579. The molecule has 38 valence electrons. The van der Waals surface area contributed by atoms with Crippen molar-refractivity contribution >= 4 is 0 Å². The zero-order valence-corrected chi connectivity index (χ0v) is 4.49. The Labute approximate surface area is 44.4 Å². The highest BCUT2D eigenvalue weighted by Crippen LogP contribution is 1.72. The van der Waals surface area contributed by atoms with E-state index in [1.165, 1.54) is 0 Å². The Morgan fingerprint density at radius 1 is 2.00 bits per heavy atom. The average Bonchev–Trinajstić information content (AvgIpc) is 1.61. The van der Waals surface area contributed by atoms with Gasteiger partial charge in [-0.15, -0.1) is 6.42 Å². The Kier molecular flexibility index (Phi) is 2.87. The van der Waals surface area contributed by atoms with Crippen LogP contribution in [0.2, 0.25) is 0 Å². The van der Waals surface area contributed by atoms with Crippen LogP contribution in [0.4, 0.5) is 0 Å². The van der Waals surface area contributed by atoms with Crippen LogP contribution in [0.5, 0.6) is 0 Å². The fourth-order valence-corrected chi connectivity index (χ4v) is 0.202. The summed E-state index contributed by atoms with van der Waals surface area (Å²) in [6.07, 6.45) is 4.92. The van der Waals surface area contributed by atoms with Gasteiger partial charge in [0.05, 0.1) is 6.54 Å². The predicted octanol–water partition coefficient (Wildman–Crippen LogP) is 0.743. The van der Waals surface area contributed by atoms with Crippen LogP contribution in [0.1, 0.15) is 6.92 Å². The molecule has 0 aromatic rings. The number of rotatable bonds is 2. The van der Waals surface area contributed by atoms with Crippen molar-refractivity contribution in [1.82, 2.24) is 5.32 Å². The van der Waals surface area contributed by atoms with Crippen LogP contribution in [0.25, 0.3) is 0 Å². The van der Waals surface area contributed by atoms with E-state index in [2.05, 4.69) is 17.8 Å². The van der Waals surface area contributed by atoms with Crippen molar-refractivity contribution in [3.05, 3.63) is 12.3 Å². The van der Waals surface area contributed by atoms with Gasteiger partial charge in [0.25, 0.3) is 0 Å². The molecule has 0 bridgehead atoms. The van der Waals surface area contributed by atoms with E-state index in [9.17, 15) is 0 Å². The summed E-state index contributed by atoms with van der Waals surface area (Å²) >= 11 is 0. The average molecular weight is 95.1 g/mol. The first-order chi connectivity index (χ1) is 3.27. The van der Waals surface area contributed by atoms with Gasteiger partial charge < -0.3 is 5.32 Å². The summed E-state index contributed by atoms with van der Waals surface area (Å²) in [4.78, 5) is 0. The molecule has 0 unspecified atom stereocenters. The van der Waals surface area contributed by atoms with Gasteiger partial charge in [-0.1, -0.05) is 12.5 Å². The summed E-state index contributed by atoms with van der Waals surface area (Å²) in [7, 11) is 0. The van der Waals surface area contributed by atoms with Gasteiger partial charge in [-0.2, -0.15) is 0 Å². The monoisotopic (exact) mass is 95.1 g/mol. The zero-order chi connectivity index (χ0) is 5.70. The molecule has 0 aliphatic rings. The lowest BCUT2D eigenvalue weighted by atomic mass is 10.5. The normalized spacial score (nSPS) is 6.86. The van der Waals surface area contributed by atoms with Crippen LogP contribution >= 0.6 is 0 Å². The zero-order valence-electron chi connectivity index (χ0n) is 4.49. The third-order valence-electron chi connectivity index (χ3n) is 0.492. The van der Waals surface area contributed by atoms with Crippen molar-refractivity contribution in [2.24, 2.45) is 0 Å². The van der Waals surface area contributed by atoms with Gasteiger partial charge in [0.1, 0.15) is 0 Å². The molecule has 0 aliphatic carbocycles. The highest BCUT2D eigenvalue weighted by Gasteiger charge is 1.73. The minimum Gasteiger partial charge on any atom is -0.378 e. The van der Waals surface area contributed by atoms with E-state index in [1.54, 1.807) is 0 Å². The number of terminal acetylenes is 1. The van der Waals surface area contributed by atoms with Crippen molar-refractivity contribution in [1.29, 1.82) is 0 Å². The summed E-state index contributed by atoms with van der Waals surface area (Å²) in [5.74, 6) is 2.43. The molecule has 0 spiro atoms. The lowest BCUT2D eigenvalue weighted by molar-refractivity contribution is 0.927. The lowest BCUT2D eigenvalue weighted by Gasteiger charge is -1.94. The molecule has 7 heavy (non-hydrogen) atoms. The maximum absolute atomic E-state index is 4.92. The largest absolute Gasteiger partial charge is 0.378 e. The summed E-state index contributed by atoms with van der Waals surface area (Å²) in [6.45, 7) is 6.04. The predicted molar refractivity (Wildman–Crippen MR) is 31.6 cm³/mol. The first kappa shape index (κ1) is 6.10. The highest BCUT2D eigenvalue weighted by atomic mass is 14.8. The maximum Gasteiger partial charge on any atom is 0.0760 e. The lowest BCUT2D eigenvalue weighted by Crippen LogP contribution is -2.08. The van der Waals surface area contributed by atoms with E-state index in [4.69, 9.17) is 6.42 Å². The van der Waals surface area contributed by atoms with Crippen LogP contribution < -0.4 is 5.32 Å². The second kappa shape index (κ2) is 3.30. The second-order valence-corrected chi connectivity index (χ2v) is 1.34. The van der Waals surface area contributed by atoms with Crippen LogP contribution in [0.15, 0.2) is 12.3 Å². The number of hydrogen-bond donors (Lipinski definition) is 1. The van der Waals surface area contributed by atoms with E-state index in [0.717, 1.165) is 5.70 Å². The molecule has 0 rings (SSSR count). The van der Waals surface area contributed by atoms with E-state index in [0.29, 0.717) is 6.54 Å². The fraction of sp³-hybridized carbons (Fsp3) is 0.333. The molecule has 0 aromatic heterocycles. The van der Waals surface area contributed by atoms with E-state index in [-0.39, 0.29) is 0 Å². The minimum atomic E-state index is 0.579. The van der Waals surface area contributed by atoms with Gasteiger partial charge in [0, 0.05) is 5.70 Å². The van der Waals surface area contributed by atoms with Crippen molar-refractivity contribution < 1.29 is 0 Å². The molecule has 0 atom stereocenters. The van der Waals surface area contributed by atoms with Crippen LogP contribution in [-0.2, 0) is 0 Å². The third-order valence-corrected chi connectivity index (χ3v) is 0.492. The van der Waals surface area contributed by atoms with Crippen molar-refractivity contribution in [3.8, 4) is 12.3 Å². The smallest absolute Gasteiger partial charge is 0.0760 e. The SMILES string of the molecule is C#CCNC(=C)C. The molecule has 1 N–H and O–H groups in total. The van der Waals surface area contributed by atoms with Crippen LogP contribution in [-0.4, -0.2) is 6.54 Å². The molecule has 0 fully saturated rings. The maximum atomic E-state index is 4.92. The first-order valence-electron chi connectivity index (χ1n) is 2.10.